The molecule has 0 aliphatic heterocycles. The molecule has 0 aromatic carbocycles. The predicted molar refractivity (Wildman–Crippen MR) is 61.0 cm³/mol. The smallest absolute Gasteiger partial charge is 0.339 e. The van der Waals surface area contributed by atoms with Crippen molar-refractivity contribution in [3.8, 4) is 0 Å². The number of carbonyl (C=O) groups excluding carboxylic acids is 1. The maximum atomic E-state index is 13.4. The van der Waals surface area contributed by atoms with E-state index in [1.165, 1.54) is 12.1 Å². The second-order valence-corrected chi connectivity index (χ2v) is 4.02. The fraction of sp³-hybridized carbons (Fsp3) is 0.182. The van der Waals surface area contributed by atoms with E-state index in [4.69, 9.17) is 4.74 Å². The minimum Gasteiger partial charge on any atom is -0.462 e. The summed E-state index contributed by atoms with van der Waals surface area (Å²) in [6.45, 7) is 2.03. The molecule has 0 bridgehead atoms. The molecule has 84 valence electrons. The van der Waals surface area contributed by atoms with Crippen molar-refractivity contribution in [2.75, 3.05) is 6.61 Å². The molecule has 0 saturated heterocycles. The maximum absolute atomic E-state index is 13.4. The van der Waals surface area contributed by atoms with Gasteiger partial charge in [0.15, 0.2) is 0 Å². The molecule has 0 atom stereocenters. The van der Waals surface area contributed by atoms with E-state index in [1.807, 2.05) is 0 Å². The van der Waals surface area contributed by atoms with Crippen LogP contribution in [0.3, 0.4) is 0 Å². The Labute approximate surface area is 100.0 Å². The molecule has 0 aliphatic carbocycles. The molecule has 0 N–H and O–H groups in total. The summed E-state index contributed by atoms with van der Waals surface area (Å²) in [5, 5.41) is 0. The van der Waals surface area contributed by atoms with Gasteiger partial charge in [0, 0.05) is 6.20 Å². The van der Waals surface area contributed by atoms with Crippen LogP contribution in [0, 0.1) is 5.82 Å². The number of nitrogens with zero attached hydrogens (tertiary/aromatic N) is 1. The van der Waals surface area contributed by atoms with E-state index < -0.39 is 5.97 Å². The lowest BCUT2D eigenvalue weighted by molar-refractivity contribution is 0.0526. The molecule has 2 aromatic rings. The van der Waals surface area contributed by atoms with Crippen molar-refractivity contribution < 1.29 is 13.9 Å². The van der Waals surface area contributed by atoms with Crippen LogP contribution in [0.15, 0.2) is 29.0 Å². The largest absolute Gasteiger partial charge is 0.462 e. The van der Waals surface area contributed by atoms with Gasteiger partial charge < -0.3 is 9.14 Å². The monoisotopic (exact) mass is 285 g/mol. The molecule has 3 nitrogen and oxygen atoms in total. The molecule has 0 radical (unpaired) electrons. The van der Waals surface area contributed by atoms with Crippen LogP contribution in [0.2, 0.25) is 0 Å². The third-order valence-corrected chi connectivity index (χ3v) is 2.82. The number of aromatic nitrogens is 1. The molecule has 0 unspecified atom stereocenters. The van der Waals surface area contributed by atoms with Crippen LogP contribution in [-0.4, -0.2) is 17.0 Å². The minimum absolute atomic E-state index is 0.300. The summed E-state index contributed by atoms with van der Waals surface area (Å²) in [5.74, 6) is -0.823. The first kappa shape index (κ1) is 11.1. The number of ether oxygens (including phenoxy) is 1. The average Bonchev–Trinajstić information content (AvgIpc) is 2.70. The minimum atomic E-state index is -0.447. The molecule has 0 fully saturated rings. The van der Waals surface area contributed by atoms with Crippen LogP contribution < -0.4 is 0 Å². The Hall–Kier alpha value is -1.36. The van der Waals surface area contributed by atoms with Crippen molar-refractivity contribution in [1.29, 1.82) is 0 Å². The summed E-state index contributed by atoms with van der Waals surface area (Å²) >= 11 is 3.28. The number of pyridine rings is 1. The van der Waals surface area contributed by atoms with Crippen LogP contribution in [0.25, 0.3) is 5.52 Å². The van der Waals surface area contributed by atoms with E-state index >= 15 is 0 Å². The molecular formula is C11H9BrFNO2. The first-order valence-electron chi connectivity index (χ1n) is 4.76. The van der Waals surface area contributed by atoms with Crippen LogP contribution in [0.5, 0.6) is 0 Å². The molecular weight excluding hydrogens is 277 g/mol. The number of hydrogen-bond donors (Lipinski definition) is 0. The third-order valence-electron chi connectivity index (χ3n) is 2.17. The topological polar surface area (TPSA) is 30.7 Å². The molecule has 0 aliphatic rings. The van der Waals surface area contributed by atoms with Gasteiger partial charge >= 0.3 is 5.97 Å². The molecule has 2 aromatic heterocycles. The van der Waals surface area contributed by atoms with Crippen molar-refractivity contribution in [2.24, 2.45) is 0 Å². The van der Waals surface area contributed by atoms with Gasteiger partial charge in [-0.1, -0.05) is 0 Å². The van der Waals surface area contributed by atoms with E-state index in [1.54, 1.807) is 23.6 Å². The summed E-state index contributed by atoms with van der Waals surface area (Å²) in [6.07, 6.45) is 1.54. The van der Waals surface area contributed by atoms with Crippen LogP contribution >= 0.6 is 15.9 Å². The lowest BCUT2D eigenvalue weighted by Gasteiger charge is -1.98. The second-order valence-electron chi connectivity index (χ2n) is 3.21. The maximum Gasteiger partial charge on any atom is 0.339 e. The summed E-state index contributed by atoms with van der Waals surface area (Å²) in [7, 11) is 0. The number of carbonyl (C=O) groups is 1. The van der Waals surface area contributed by atoms with Crippen molar-refractivity contribution in [2.45, 2.75) is 6.92 Å². The summed E-state index contributed by atoms with van der Waals surface area (Å²) in [4.78, 5) is 11.5. The highest BCUT2D eigenvalue weighted by atomic mass is 79.9. The number of hydrogen-bond acceptors (Lipinski definition) is 2. The van der Waals surface area contributed by atoms with Gasteiger partial charge in [-0.15, -0.1) is 0 Å². The van der Waals surface area contributed by atoms with E-state index in [0.29, 0.717) is 22.3 Å². The zero-order valence-electron chi connectivity index (χ0n) is 8.54. The van der Waals surface area contributed by atoms with Gasteiger partial charge in [0.1, 0.15) is 5.82 Å². The second kappa shape index (κ2) is 4.25. The van der Waals surface area contributed by atoms with E-state index in [0.717, 1.165) is 0 Å². The van der Waals surface area contributed by atoms with Gasteiger partial charge in [0.05, 0.1) is 22.3 Å². The van der Waals surface area contributed by atoms with Gasteiger partial charge in [-0.3, -0.25) is 0 Å². The zero-order valence-corrected chi connectivity index (χ0v) is 10.1. The molecule has 16 heavy (non-hydrogen) atoms. The standard InChI is InChI=1S/C11H9BrFNO2/c1-2-16-11(15)7-5-9-8(13)3-4-10(12)14(9)6-7/h3-6H,2H2,1H3. The van der Waals surface area contributed by atoms with E-state index in [-0.39, 0.29) is 5.82 Å². The fourth-order valence-electron chi connectivity index (χ4n) is 1.46. The third kappa shape index (κ3) is 1.82. The van der Waals surface area contributed by atoms with E-state index in [9.17, 15) is 9.18 Å². The van der Waals surface area contributed by atoms with Gasteiger partial charge in [-0.2, -0.15) is 0 Å². The molecule has 0 saturated carbocycles. The molecule has 2 rings (SSSR count). The van der Waals surface area contributed by atoms with Gasteiger partial charge in [-0.25, -0.2) is 9.18 Å². The predicted octanol–water partition coefficient (Wildman–Crippen LogP) is 3.02. The highest BCUT2D eigenvalue weighted by Crippen LogP contribution is 2.20. The average molecular weight is 286 g/mol. The number of esters is 1. The SMILES string of the molecule is CCOC(=O)c1cc2c(F)ccc(Br)n2c1. The highest BCUT2D eigenvalue weighted by Gasteiger charge is 2.13. The summed E-state index contributed by atoms with van der Waals surface area (Å²) < 4.78 is 20.5. The summed E-state index contributed by atoms with van der Waals surface area (Å²) in [6, 6.07) is 4.39. The lowest BCUT2D eigenvalue weighted by Crippen LogP contribution is -2.02. The Morgan fingerprint density at radius 2 is 2.31 bits per heavy atom. The van der Waals surface area contributed by atoms with Crippen LogP contribution in [0.1, 0.15) is 17.3 Å². The first-order valence-corrected chi connectivity index (χ1v) is 5.56. The Morgan fingerprint density at radius 3 is 2.94 bits per heavy atom. The Kier molecular flexibility index (Phi) is 2.96. The number of rotatable bonds is 2. The van der Waals surface area contributed by atoms with Gasteiger partial charge in [0.25, 0.3) is 0 Å². The van der Waals surface area contributed by atoms with Crippen molar-refractivity contribution in [3.05, 3.63) is 40.4 Å². The Bertz CT molecular complexity index is 511. The fourth-order valence-corrected chi connectivity index (χ4v) is 1.88. The Balaban J connectivity index is 2.55. The number of halogens is 2. The highest BCUT2D eigenvalue weighted by molar-refractivity contribution is 9.10. The van der Waals surface area contributed by atoms with Crippen LogP contribution in [-0.2, 0) is 4.74 Å². The van der Waals surface area contributed by atoms with Gasteiger partial charge in [-0.05, 0) is 41.1 Å². The molecule has 0 spiro atoms. The molecule has 2 heterocycles. The van der Waals surface area contributed by atoms with E-state index in [2.05, 4.69) is 15.9 Å². The number of fused-ring (bicyclic) bond motifs is 1. The summed E-state index contributed by atoms with van der Waals surface area (Å²) in [5.41, 5.74) is 0.685. The lowest BCUT2D eigenvalue weighted by atomic mass is 10.3. The van der Waals surface area contributed by atoms with Crippen molar-refractivity contribution >= 4 is 27.4 Å². The van der Waals surface area contributed by atoms with Crippen LogP contribution in [0.4, 0.5) is 4.39 Å². The van der Waals surface area contributed by atoms with Crippen molar-refractivity contribution in [3.63, 3.8) is 0 Å². The van der Waals surface area contributed by atoms with Crippen molar-refractivity contribution in [1.82, 2.24) is 4.40 Å². The Morgan fingerprint density at radius 1 is 1.56 bits per heavy atom. The van der Waals surface area contributed by atoms with Gasteiger partial charge in [0.2, 0.25) is 0 Å². The molecule has 0 amide bonds. The normalized spacial score (nSPS) is 10.7. The molecule has 5 heteroatoms. The zero-order chi connectivity index (χ0) is 11.7. The first-order chi connectivity index (χ1) is 7.63. The quantitative estimate of drug-likeness (QED) is 0.627.